The third-order valence-corrected chi connectivity index (χ3v) is 7.70. The van der Waals surface area contributed by atoms with Crippen LogP contribution in [0.2, 0.25) is 0 Å². The van der Waals surface area contributed by atoms with Crippen molar-refractivity contribution < 1.29 is 0 Å². The summed E-state index contributed by atoms with van der Waals surface area (Å²) in [6.07, 6.45) is 0. The second kappa shape index (κ2) is 8.22. The molecular formula is C36H24N2. The van der Waals surface area contributed by atoms with Gasteiger partial charge in [-0.15, -0.1) is 0 Å². The van der Waals surface area contributed by atoms with Gasteiger partial charge in [-0.3, -0.25) is 0 Å². The molecule has 2 heteroatoms. The van der Waals surface area contributed by atoms with Gasteiger partial charge in [-0.05, 0) is 65.7 Å². The third-order valence-electron chi connectivity index (χ3n) is 7.70. The van der Waals surface area contributed by atoms with Crippen LogP contribution >= 0.6 is 0 Å². The van der Waals surface area contributed by atoms with Crippen LogP contribution in [0.15, 0.2) is 146 Å². The van der Waals surface area contributed by atoms with E-state index in [1.54, 1.807) is 0 Å². The Kier molecular flexibility index (Phi) is 4.55. The van der Waals surface area contributed by atoms with E-state index in [0.29, 0.717) is 0 Å². The van der Waals surface area contributed by atoms with Crippen molar-refractivity contribution in [2.45, 2.75) is 0 Å². The van der Waals surface area contributed by atoms with Crippen molar-refractivity contribution >= 4 is 43.6 Å². The maximum Gasteiger partial charge on any atom is 0.0548 e. The minimum Gasteiger partial charge on any atom is -0.309 e. The first kappa shape index (κ1) is 21.0. The summed E-state index contributed by atoms with van der Waals surface area (Å²) in [6, 6.07) is 52.4. The fraction of sp³-hybridized carbons (Fsp3) is 0. The highest BCUT2D eigenvalue weighted by atomic mass is 15.0. The largest absolute Gasteiger partial charge is 0.309 e. The van der Waals surface area contributed by atoms with Crippen LogP contribution in [-0.4, -0.2) is 9.13 Å². The lowest BCUT2D eigenvalue weighted by Crippen LogP contribution is -1.94. The number of nitrogens with zero attached hydrogens (tertiary/aromatic N) is 2. The molecule has 0 bridgehead atoms. The van der Waals surface area contributed by atoms with Crippen LogP contribution in [0.3, 0.4) is 0 Å². The number of para-hydroxylation sites is 3. The van der Waals surface area contributed by atoms with Crippen LogP contribution < -0.4 is 0 Å². The van der Waals surface area contributed by atoms with Gasteiger partial charge >= 0.3 is 0 Å². The summed E-state index contributed by atoms with van der Waals surface area (Å²) in [5.41, 5.74) is 9.70. The van der Waals surface area contributed by atoms with Crippen molar-refractivity contribution in [3.05, 3.63) is 146 Å². The molecule has 0 aliphatic heterocycles. The van der Waals surface area contributed by atoms with Gasteiger partial charge < -0.3 is 9.13 Å². The van der Waals surface area contributed by atoms with E-state index in [-0.39, 0.29) is 0 Å². The SMILES string of the molecule is c1ccc(-c2ccc3c(c2)c2c4c5ccccc5n(-c5ccccc5)c4ccc2n3-c2ccccc2)cc1. The second-order valence-corrected chi connectivity index (χ2v) is 9.81. The Bertz CT molecular complexity index is 2100. The Morgan fingerprint density at radius 3 is 1.42 bits per heavy atom. The Balaban J connectivity index is 1.59. The Labute approximate surface area is 220 Å². The van der Waals surface area contributed by atoms with Crippen LogP contribution in [0, 0.1) is 0 Å². The molecule has 0 spiro atoms. The monoisotopic (exact) mass is 484 g/mol. The Morgan fingerprint density at radius 2 is 0.789 bits per heavy atom. The first-order valence-electron chi connectivity index (χ1n) is 13.0. The molecule has 0 radical (unpaired) electrons. The molecular weight excluding hydrogens is 460 g/mol. The number of rotatable bonds is 3. The Morgan fingerprint density at radius 1 is 0.316 bits per heavy atom. The van der Waals surface area contributed by atoms with Crippen molar-refractivity contribution in [2.24, 2.45) is 0 Å². The summed E-state index contributed by atoms with van der Waals surface area (Å²) in [6.45, 7) is 0. The van der Waals surface area contributed by atoms with Gasteiger partial charge in [0, 0.05) is 32.9 Å². The number of aromatic nitrogens is 2. The molecule has 2 aromatic heterocycles. The molecule has 0 atom stereocenters. The van der Waals surface area contributed by atoms with Crippen molar-refractivity contribution in [3.8, 4) is 22.5 Å². The molecule has 178 valence electrons. The lowest BCUT2D eigenvalue weighted by Gasteiger charge is -2.09. The van der Waals surface area contributed by atoms with Crippen molar-refractivity contribution in [1.82, 2.24) is 9.13 Å². The normalized spacial score (nSPS) is 11.7. The fourth-order valence-electron chi connectivity index (χ4n) is 6.09. The predicted molar refractivity (Wildman–Crippen MR) is 161 cm³/mol. The van der Waals surface area contributed by atoms with Crippen LogP contribution in [0.1, 0.15) is 0 Å². The van der Waals surface area contributed by atoms with E-state index in [2.05, 4.69) is 155 Å². The smallest absolute Gasteiger partial charge is 0.0548 e. The molecule has 0 amide bonds. The predicted octanol–water partition coefficient (Wildman–Crippen LogP) is 9.55. The highest BCUT2D eigenvalue weighted by Gasteiger charge is 2.20. The topological polar surface area (TPSA) is 9.86 Å². The van der Waals surface area contributed by atoms with Gasteiger partial charge in [0.2, 0.25) is 0 Å². The van der Waals surface area contributed by atoms with Gasteiger partial charge in [-0.25, -0.2) is 0 Å². The Hall–Kier alpha value is -5.08. The minimum atomic E-state index is 1.17. The number of benzene rings is 6. The molecule has 0 aliphatic rings. The van der Waals surface area contributed by atoms with E-state index in [9.17, 15) is 0 Å². The molecule has 6 aromatic carbocycles. The van der Waals surface area contributed by atoms with Crippen molar-refractivity contribution in [3.63, 3.8) is 0 Å². The lowest BCUT2D eigenvalue weighted by molar-refractivity contribution is 1.17. The zero-order chi connectivity index (χ0) is 25.1. The second-order valence-electron chi connectivity index (χ2n) is 9.81. The standard InChI is InChI=1S/C36H24N2/c1-4-12-25(13-5-1)26-20-21-32-30(24-26)36-34(38(32)28-16-8-3-9-17-28)23-22-33-35(36)29-18-10-11-19-31(29)37(33)27-14-6-2-7-15-27/h1-24H. The average molecular weight is 485 g/mol. The first-order valence-corrected chi connectivity index (χ1v) is 13.0. The minimum absolute atomic E-state index is 1.17. The van der Waals surface area contributed by atoms with Crippen LogP contribution in [0.4, 0.5) is 0 Å². The van der Waals surface area contributed by atoms with Crippen molar-refractivity contribution in [1.29, 1.82) is 0 Å². The van der Waals surface area contributed by atoms with Gasteiger partial charge in [-0.2, -0.15) is 0 Å². The summed E-state index contributed by atoms with van der Waals surface area (Å²) in [5, 5.41) is 5.14. The molecule has 0 unspecified atom stereocenters. The quantitative estimate of drug-likeness (QED) is 0.236. The molecule has 8 aromatic rings. The van der Waals surface area contributed by atoms with Crippen molar-refractivity contribution in [2.75, 3.05) is 0 Å². The maximum atomic E-state index is 2.41. The summed E-state index contributed by atoms with van der Waals surface area (Å²) >= 11 is 0. The molecule has 38 heavy (non-hydrogen) atoms. The van der Waals surface area contributed by atoms with E-state index >= 15 is 0 Å². The van der Waals surface area contributed by atoms with E-state index in [1.165, 1.54) is 66.1 Å². The van der Waals surface area contributed by atoms with Crippen LogP contribution in [-0.2, 0) is 0 Å². The molecule has 2 heterocycles. The summed E-state index contributed by atoms with van der Waals surface area (Å²) < 4.78 is 4.81. The third kappa shape index (κ3) is 3.01. The fourth-order valence-corrected chi connectivity index (χ4v) is 6.09. The molecule has 0 fully saturated rings. The molecule has 0 saturated carbocycles. The van der Waals surface area contributed by atoms with E-state index < -0.39 is 0 Å². The van der Waals surface area contributed by atoms with E-state index in [4.69, 9.17) is 0 Å². The van der Waals surface area contributed by atoms with Gasteiger partial charge in [0.05, 0.1) is 22.1 Å². The summed E-state index contributed by atoms with van der Waals surface area (Å²) in [7, 11) is 0. The summed E-state index contributed by atoms with van der Waals surface area (Å²) in [4.78, 5) is 0. The molecule has 0 N–H and O–H groups in total. The van der Waals surface area contributed by atoms with E-state index in [1.807, 2.05) is 0 Å². The molecule has 8 rings (SSSR count). The molecule has 0 aliphatic carbocycles. The van der Waals surface area contributed by atoms with Gasteiger partial charge in [0.25, 0.3) is 0 Å². The molecule has 2 nitrogen and oxygen atoms in total. The molecule has 0 saturated heterocycles. The number of hydrogen-bond donors (Lipinski definition) is 0. The van der Waals surface area contributed by atoms with Gasteiger partial charge in [-0.1, -0.05) is 91.0 Å². The number of hydrogen-bond acceptors (Lipinski definition) is 0. The maximum absolute atomic E-state index is 2.41. The van der Waals surface area contributed by atoms with Gasteiger partial charge in [0.1, 0.15) is 0 Å². The highest BCUT2D eigenvalue weighted by molar-refractivity contribution is 6.29. The van der Waals surface area contributed by atoms with E-state index in [0.717, 1.165) is 0 Å². The highest BCUT2D eigenvalue weighted by Crippen LogP contribution is 2.43. The average Bonchev–Trinajstić information content (AvgIpc) is 3.51. The zero-order valence-corrected chi connectivity index (χ0v) is 20.8. The summed E-state index contributed by atoms with van der Waals surface area (Å²) in [5.74, 6) is 0. The first-order chi connectivity index (χ1) is 18.9. The zero-order valence-electron chi connectivity index (χ0n) is 20.8. The van der Waals surface area contributed by atoms with Crippen LogP contribution in [0.5, 0.6) is 0 Å². The lowest BCUT2D eigenvalue weighted by atomic mass is 10.0. The number of fused-ring (bicyclic) bond motifs is 7. The van der Waals surface area contributed by atoms with Crippen LogP contribution in [0.25, 0.3) is 66.1 Å². The van der Waals surface area contributed by atoms with Gasteiger partial charge in [0.15, 0.2) is 0 Å².